The van der Waals surface area contributed by atoms with Gasteiger partial charge in [0.2, 0.25) is 5.91 Å². The van der Waals surface area contributed by atoms with E-state index in [4.69, 9.17) is 10.9 Å². The van der Waals surface area contributed by atoms with Crippen molar-refractivity contribution >= 4 is 5.91 Å². The van der Waals surface area contributed by atoms with Gasteiger partial charge in [-0.3, -0.25) is 15.1 Å². The van der Waals surface area contributed by atoms with Gasteiger partial charge in [-0.1, -0.05) is 6.92 Å². The van der Waals surface area contributed by atoms with Crippen molar-refractivity contribution in [3.8, 4) is 0 Å². The van der Waals surface area contributed by atoms with Crippen molar-refractivity contribution < 1.29 is 9.90 Å². The Morgan fingerprint density at radius 1 is 1.58 bits per heavy atom. The highest BCUT2D eigenvalue weighted by Crippen LogP contribution is 1.89. The lowest BCUT2D eigenvalue weighted by molar-refractivity contribution is -0.122. The maximum atomic E-state index is 10.8. The molecule has 12 heavy (non-hydrogen) atoms. The van der Waals surface area contributed by atoms with Gasteiger partial charge in [0.25, 0.3) is 0 Å². The van der Waals surface area contributed by atoms with Crippen molar-refractivity contribution in [1.29, 1.82) is 0 Å². The number of nitrogens with two attached hydrogens (primary N) is 1. The molecule has 72 valence electrons. The molecular formula is C7H17N3O2. The average molecular weight is 175 g/mol. The van der Waals surface area contributed by atoms with E-state index in [1.165, 1.54) is 0 Å². The molecule has 0 atom stereocenters. The Kier molecular flexibility index (Phi) is 6.64. The predicted molar refractivity (Wildman–Crippen MR) is 46.1 cm³/mol. The molecule has 0 aromatic rings. The van der Waals surface area contributed by atoms with Crippen molar-refractivity contribution in [2.75, 3.05) is 26.2 Å². The third-order valence-electron chi connectivity index (χ3n) is 1.48. The summed E-state index contributed by atoms with van der Waals surface area (Å²) >= 11 is 0. The van der Waals surface area contributed by atoms with Crippen LogP contribution in [0.3, 0.4) is 0 Å². The van der Waals surface area contributed by atoms with E-state index in [1.54, 1.807) is 0 Å². The normalized spacial score (nSPS) is 10.3. The van der Waals surface area contributed by atoms with Gasteiger partial charge >= 0.3 is 0 Å². The monoisotopic (exact) mass is 175 g/mol. The number of amides is 1. The molecule has 5 nitrogen and oxygen atoms in total. The number of hydrogen-bond acceptors (Lipinski definition) is 4. The highest BCUT2D eigenvalue weighted by atomic mass is 16.3. The molecule has 0 aromatic carbocycles. The van der Waals surface area contributed by atoms with Crippen LogP contribution in [0.25, 0.3) is 0 Å². The van der Waals surface area contributed by atoms with Crippen molar-refractivity contribution in [2.45, 2.75) is 13.3 Å². The first-order valence-electron chi connectivity index (χ1n) is 4.07. The minimum absolute atomic E-state index is 0.0673. The van der Waals surface area contributed by atoms with Crippen LogP contribution >= 0.6 is 0 Å². The Morgan fingerprint density at radius 3 is 2.67 bits per heavy atom. The standard InChI is InChI=1S/C7H17N3O2/c1-2-3-10(4-5-11)6-7(12)9-8/h11H,2-6,8H2,1H3,(H,9,12). The third-order valence-corrected chi connectivity index (χ3v) is 1.48. The molecule has 0 aliphatic carbocycles. The zero-order valence-corrected chi connectivity index (χ0v) is 7.42. The van der Waals surface area contributed by atoms with Crippen LogP contribution in [0, 0.1) is 0 Å². The second-order valence-corrected chi connectivity index (χ2v) is 2.57. The number of carbonyl (C=O) groups is 1. The number of aliphatic hydroxyl groups excluding tert-OH is 1. The number of nitrogens with one attached hydrogen (secondary N) is 1. The first-order valence-corrected chi connectivity index (χ1v) is 4.07. The smallest absolute Gasteiger partial charge is 0.248 e. The fraction of sp³-hybridized carbons (Fsp3) is 0.857. The van der Waals surface area contributed by atoms with Crippen LogP contribution in [-0.2, 0) is 4.79 Å². The fourth-order valence-electron chi connectivity index (χ4n) is 0.976. The van der Waals surface area contributed by atoms with E-state index in [1.807, 2.05) is 11.8 Å². The molecule has 0 aliphatic heterocycles. The molecule has 0 fully saturated rings. The maximum Gasteiger partial charge on any atom is 0.248 e. The van der Waals surface area contributed by atoms with E-state index < -0.39 is 0 Å². The molecule has 0 unspecified atom stereocenters. The number of hydrogen-bond donors (Lipinski definition) is 3. The molecule has 0 aromatic heterocycles. The van der Waals surface area contributed by atoms with Crippen LogP contribution in [0.2, 0.25) is 0 Å². The number of aliphatic hydroxyl groups is 1. The van der Waals surface area contributed by atoms with Gasteiger partial charge in [-0.25, -0.2) is 5.84 Å². The van der Waals surface area contributed by atoms with Gasteiger partial charge in [-0.15, -0.1) is 0 Å². The molecule has 0 rings (SSSR count). The molecule has 1 amide bonds. The summed E-state index contributed by atoms with van der Waals surface area (Å²) in [5.41, 5.74) is 2.05. The van der Waals surface area contributed by atoms with Crippen LogP contribution in [0.1, 0.15) is 13.3 Å². The molecule has 0 bridgehead atoms. The van der Waals surface area contributed by atoms with Crippen LogP contribution in [0.15, 0.2) is 0 Å². The number of hydrazine groups is 1. The van der Waals surface area contributed by atoms with Crippen LogP contribution in [0.4, 0.5) is 0 Å². The summed E-state index contributed by atoms with van der Waals surface area (Å²) in [6.45, 7) is 3.66. The van der Waals surface area contributed by atoms with Crippen LogP contribution in [0.5, 0.6) is 0 Å². The zero-order valence-electron chi connectivity index (χ0n) is 7.42. The molecule has 0 heterocycles. The van der Waals surface area contributed by atoms with Gasteiger partial charge < -0.3 is 5.11 Å². The second-order valence-electron chi connectivity index (χ2n) is 2.57. The molecule has 5 heteroatoms. The van der Waals surface area contributed by atoms with Crippen molar-refractivity contribution in [1.82, 2.24) is 10.3 Å². The Hall–Kier alpha value is -0.650. The topological polar surface area (TPSA) is 78.6 Å². The Morgan fingerprint density at radius 2 is 2.25 bits per heavy atom. The summed E-state index contributed by atoms with van der Waals surface area (Å²) in [5, 5.41) is 8.64. The Bertz CT molecular complexity index is 124. The summed E-state index contributed by atoms with van der Waals surface area (Å²) in [6, 6.07) is 0. The summed E-state index contributed by atoms with van der Waals surface area (Å²) < 4.78 is 0. The number of rotatable bonds is 6. The van der Waals surface area contributed by atoms with Crippen molar-refractivity contribution in [3.05, 3.63) is 0 Å². The highest BCUT2D eigenvalue weighted by Gasteiger charge is 2.07. The van der Waals surface area contributed by atoms with Gasteiger partial charge in [-0.2, -0.15) is 0 Å². The Labute approximate surface area is 72.5 Å². The first-order chi connectivity index (χ1) is 5.74. The Balaban J connectivity index is 3.68. The molecule has 0 aliphatic rings. The van der Waals surface area contributed by atoms with Crippen LogP contribution < -0.4 is 11.3 Å². The predicted octanol–water partition coefficient (Wildman–Crippen LogP) is -1.32. The minimum atomic E-state index is -0.225. The second kappa shape index (κ2) is 7.02. The van der Waals surface area contributed by atoms with Gasteiger partial charge in [0, 0.05) is 6.54 Å². The van der Waals surface area contributed by atoms with E-state index in [0.29, 0.717) is 6.54 Å². The molecule has 0 spiro atoms. The summed E-state index contributed by atoms with van der Waals surface area (Å²) in [7, 11) is 0. The van der Waals surface area contributed by atoms with E-state index in [0.717, 1.165) is 13.0 Å². The van der Waals surface area contributed by atoms with E-state index in [9.17, 15) is 4.79 Å². The molecule has 0 saturated heterocycles. The summed E-state index contributed by atoms with van der Waals surface area (Å²) in [6.07, 6.45) is 0.956. The van der Waals surface area contributed by atoms with Crippen molar-refractivity contribution in [3.63, 3.8) is 0 Å². The molecule has 4 N–H and O–H groups in total. The average Bonchev–Trinajstić information content (AvgIpc) is 2.05. The third kappa shape index (κ3) is 5.06. The lowest BCUT2D eigenvalue weighted by atomic mass is 10.4. The van der Waals surface area contributed by atoms with Crippen LogP contribution in [-0.4, -0.2) is 42.2 Å². The lowest BCUT2D eigenvalue weighted by Crippen LogP contribution is -2.41. The quantitative estimate of drug-likeness (QED) is 0.266. The van der Waals surface area contributed by atoms with E-state index in [-0.39, 0.29) is 19.1 Å². The first kappa shape index (κ1) is 11.4. The van der Waals surface area contributed by atoms with E-state index in [2.05, 4.69) is 5.43 Å². The number of carbonyl (C=O) groups excluding carboxylic acids is 1. The number of nitrogens with zero attached hydrogens (tertiary/aromatic N) is 1. The van der Waals surface area contributed by atoms with Gasteiger partial charge in [-0.05, 0) is 13.0 Å². The fourth-order valence-corrected chi connectivity index (χ4v) is 0.976. The van der Waals surface area contributed by atoms with Gasteiger partial charge in [0.05, 0.1) is 13.2 Å². The van der Waals surface area contributed by atoms with Gasteiger partial charge in [0.1, 0.15) is 0 Å². The molecule has 0 radical (unpaired) electrons. The summed E-state index contributed by atoms with van der Waals surface area (Å²) in [5.74, 6) is 4.70. The minimum Gasteiger partial charge on any atom is -0.395 e. The highest BCUT2D eigenvalue weighted by molar-refractivity contribution is 5.77. The zero-order chi connectivity index (χ0) is 9.40. The summed E-state index contributed by atoms with van der Waals surface area (Å²) in [4.78, 5) is 12.7. The lowest BCUT2D eigenvalue weighted by Gasteiger charge is -2.18. The maximum absolute atomic E-state index is 10.8. The van der Waals surface area contributed by atoms with Crippen molar-refractivity contribution in [2.24, 2.45) is 5.84 Å². The largest absolute Gasteiger partial charge is 0.395 e. The SMILES string of the molecule is CCCN(CCO)CC(=O)NN. The van der Waals surface area contributed by atoms with E-state index >= 15 is 0 Å². The van der Waals surface area contributed by atoms with Gasteiger partial charge in [0.15, 0.2) is 0 Å². The molecular weight excluding hydrogens is 158 g/mol. The molecule has 0 saturated carbocycles.